The number of hydrogen-bond donors (Lipinski definition) is 1. The van der Waals surface area contributed by atoms with E-state index in [2.05, 4.69) is 0 Å². The van der Waals surface area contributed by atoms with Crippen LogP contribution in [0.4, 0.5) is 15.8 Å². The van der Waals surface area contributed by atoms with Gasteiger partial charge in [0.2, 0.25) is 0 Å². The smallest absolute Gasteiger partial charge is 0.323 e. The summed E-state index contributed by atoms with van der Waals surface area (Å²) in [4.78, 5) is 14.5. The molecule has 2 rings (SSSR count). The Morgan fingerprint density at radius 3 is 2.76 bits per heavy atom. The molecule has 0 atom stereocenters. The minimum absolute atomic E-state index is 0.0939. The molecule has 92 valence electrons. The molecule has 0 spiro atoms. The van der Waals surface area contributed by atoms with Gasteiger partial charge >= 0.3 is 5.97 Å². The zero-order valence-electron chi connectivity index (χ0n) is 9.90. The Kier molecular flexibility index (Phi) is 2.92. The van der Waals surface area contributed by atoms with Crippen LogP contribution in [-0.2, 0) is 4.79 Å². The quantitative estimate of drug-likeness (QED) is 0.847. The standard InChI is InChI=1S/C12H15FN2O2/c1-8-5-10-11(6-9(8)13)15(7-12(16)17)4-3-14(10)2/h5-6H,3-4,7H2,1-2H3,(H,16,17). The molecule has 1 aromatic carbocycles. The summed E-state index contributed by atoms with van der Waals surface area (Å²) >= 11 is 0. The molecule has 0 saturated carbocycles. The molecule has 1 N–H and O–H groups in total. The molecule has 0 saturated heterocycles. The lowest BCUT2D eigenvalue weighted by molar-refractivity contribution is -0.135. The van der Waals surface area contributed by atoms with Crippen LogP contribution in [0.5, 0.6) is 0 Å². The van der Waals surface area contributed by atoms with Gasteiger partial charge in [-0.3, -0.25) is 4.79 Å². The van der Waals surface area contributed by atoms with Crippen molar-refractivity contribution in [1.82, 2.24) is 0 Å². The minimum Gasteiger partial charge on any atom is -0.480 e. The lowest BCUT2D eigenvalue weighted by atomic mass is 10.1. The normalized spacial score (nSPS) is 14.8. The third-order valence-corrected chi connectivity index (χ3v) is 3.04. The van der Waals surface area contributed by atoms with Gasteiger partial charge in [0.05, 0.1) is 11.4 Å². The maximum absolute atomic E-state index is 13.6. The molecule has 1 aliphatic heterocycles. The van der Waals surface area contributed by atoms with Gasteiger partial charge in [-0.1, -0.05) is 0 Å². The molecule has 1 aromatic rings. The Labute approximate surface area is 99.3 Å². The topological polar surface area (TPSA) is 43.8 Å². The van der Waals surface area contributed by atoms with Crippen LogP contribution in [0, 0.1) is 12.7 Å². The third kappa shape index (κ3) is 2.18. The van der Waals surface area contributed by atoms with Gasteiger partial charge < -0.3 is 14.9 Å². The number of fused-ring (bicyclic) bond motifs is 1. The van der Waals surface area contributed by atoms with Crippen molar-refractivity contribution in [3.05, 3.63) is 23.5 Å². The van der Waals surface area contributed by atoms with Crippen LogP contribution in [0.15, 0.2) is 12.1 Å². The maximum atomic E-state index is 13.6. The molecule has 0 amide bonds. The Hall–Kier alpha value is -1.78. The van der Waals surface area contributed by atoms with Gasteiger partial charge in [-0.05, 0) is 24.6 Å². The minimum atomic E-state index is -0.901. The number of carboxylic acid groups (broad SMARTS) is 1. The predicted molar refractivity (Wildman–Crippen MR) is 64.3 cm³/mol. The fourth-order valence-corrected chi connectivity index (χ4v) is 2.05. The van der Waals surface area contributed by atoms with Crippen LogP contribution in [0.25, 0.3) is 0 Å². The Balaban J connectivity index is 2.44. The first-order valence-corrected chi connectivity index (χ1v) is 5.47. The molecule has 0 aliphatic carbocycles. The second kappa shape index (κ2) is 4.24. The first kappa shape index (κ1) is 11.7. The van der Waals surface area contributed by atoms with E-state index >= 15 is 0 Å². The number of aliphatic carboxylic acids is 1. The van der Waals surface area contributed by atoms with Crippen LogP contribution < -0.4 is 9.80 Å². The summed E-state index contributed by atoms with van der Waals surface area (Å²) < 4.78 is 13.6. The van der Waals surface area contributed by atoms with Crippen molar-refractivity contribution in [2.45, 2.75) is 6.92 Å². The van der Waals surface area contributed by atoms with Crippen LogP contribution in [-0.4, -0.2) is 37.8 Å². The molecule has 0 aromatic heterocycles. The van der Waals surface area contributed by atoms with Crippen molar-refractivity contribution in [3.8, 4) is 0 Å². The van der Waals surface area contributed by atoms with E-state index in [1.807, 2.05) is 11.9 Å². The lowest BCUT2D eigenvalue weighted by Gasteiger charge is -2.36. The third-order valence-electron chi connectivity index (χ3n) is 3.04. The fourth-order valence-electron chi connectivity index (χ4n) is 2.05. The Bertz CT molecular complexity index is 462. The number of halogens is 1. The van der Waals surface area contributed by atoms with Crippen LogP contribution in [0.1, 0.15) is 5.56 Å². The summed E-state index contributed by atoms with van der Waals surface area (Å²) in [5.74, 6) is -1.20. The van der Waals surface area contributed by atoms with Crippen LogP contribution >= 0.6 is 0 Å². The highest BCUT2D eigenvalue weighted by Gasteiger charge is 2.23. The fraction of sp³-hybridized carbons (Fsp3) is 0.417. The Morgan fingerprint density at radius 2 is 2.12 bits per heavy atom. The number of likely N-dealkylation sites (N-methyl/N-ethyl adjacent to an activating group) is 1. The van der Waals surface area contributed by atoms with E-state index < -0.39 is 5.97 Å². The zero-order valence-corrected chi connectivity index (χ0v) is 9.90. The molecule has 0 bridgehead atoms. The van der Waals surface area contributed by atoms with Crippen LogP contribution in [0.3, 0.4) is 0 Å². The number of aryl methyl sites for hydroxylation is 1. The van der Waals surface area contributed by atoms with E-state index in [-0.39, 0.29) is 12.4 Å². The highest BCUT2D eigenvalue weighted by molar-refractivity contribution is 5.80. The first-order valence-electron chi connectivity index (χ1n) is 5.47. The number of nitrogens with zero attached hydrogens (tertiary/aromatic N) is 2. The summed E-state index contributed by atoms with van der Waals surface area (Å²) in [5.41, 5.74) is 2.12. The molecule has 0 radical (unpaired) electrons. The average Bonchev–Trinajstić information content (AvgIpc) is 2.25. The summed E-state index contributed by atoms with van der Waals surface area (Å²) in [6.07, 6.45) is 0. The molecule has 0 fully saturated rings. The molecule has 1 aliphatic rings. The van der Waals surface area contributed by atoms with Crippen molar-refractivity contribution in [3.63, 3.8) is 0 Å². The van der Waals surface area contributed by atoms with E-state index in [9.17, 15) is 9.18 Å². The summed E-state index contributed by atoms with van der Waals surface area (Å²) in [5, 5.41) is 8.83. The zero-order chi connectivity index (χ0) is 12.6. The average molecular weight is 238 g/mol. The summed E-state index contributed by atoms with van der Waals surface area (Å²) in [7, 11) is 1.92. The van der Waals surface area contributed by atoms with Crippen molar-refractivity contribution in [1.29, 1.82) is 0 Å². The van der Waals surface area contributed by atoms with Gasteiger partial charge in [0.1, 0.15) is 12.4 Å². The van der Waals surface area contributed by atoms with Crippen molar-refractivity contribution in [2.75, 3.05) is 36.5 Å². The van der Waals surface area contributed by atoms with Gasteiger partial charge in [-0.15, -0.1) is 0 Å². The molecule has 0 unspecified atom stereocenters. The highest BCUT2D eigenvalue weighted by Crippen LogP contribution is 2.34. The maximum Gasteiger partial charge on any atom is 0.323 e. The van der Waals surface area contributed by atoms with Gasteiger partial charge in [-0.25, -0.2) is 4.39 Å². The molecular weight excluding hydrogens is 223 g/mol. The highest BCUT2D eigenvalue weighted by atomic mass is 19.1. The SMILES string of the molecule is Cc1cc2c(cc1F)N(CC(=O)O)CCN2C. The second-order valence-electron chi connectivity index (χ2n) is 4.33. The van der Waals surface area contributed by atoms with Gasteiger partial charge in [0.15, 0.2) is 0 Å². The van der Waals surface area contributed by atoms with E-state index in [0.29, 0.717) is 17.8 Å². The number of anilines is 2. The molecule has 4 nitrogen and oxygen atoms in total. The lowest BCUT2D eigenvalue weighted by Crippen LogP contribution is -2.41. The van der Waals surface area contributed by atoms with Crippen molar-refractivity contribution in [2.24, 2.45) is 0 Å². The van der Waals surface area contributed by atoms with Gasteiger partial charge in [0, 0.05) is 20.1 Å². The molecule has 1 heterocycles. The van der Waals surface area contributed by atoms with E-state index in [0.717, 1.165) is 12.2 Å². The second-order valence-corrected chi connectivity index (χ2v) is 4.33. The number of carboxylic acids is 1. The number of hydrogen-bond acceptors (Lipinski definition) is 3. The number of rotatable bonds is 2. The van der Waals surface area contributed by atoms with Crippen LogP contribution in [0.2, 0.25) is 0 Å². The first-order chi connectivity index (χ1) is 7.99. The number of carbonyl (C=O) groups is 1. The van der Waals surface area contributed by atoms with Gasteiger partial charge in [-0.2, -0.15) is 0 Å². The largest absolute Gasteiger partial charge is 0.480 e. The summed E-state index contributed by atoms with van der Waals surface area (Å²) in [6.45, 7) is 2.95. The number of benzene rings is 1. The summed E-state index contributed by atoms with van der Waals surface area (Å²) in [6, 6.07) is 3.18. The predicted octanol–water partition coefficient (Wildman–Crippen LogP) is 1.47. The van der Waals surface area contributed by atoms with E-state index in [4.69, 9.17) is 5.11 Å². The molecule has 17 heavy (non-hydrogen) atoms. The Morgan fingerprint density at radius 1 is 1.41 bits per heavy atom. The molecular formula is C12H15FN2O2. The van der Waals surface area contributed by atoms with E-state index in [1.54, 1.807) is 17.9 Å². The van der Waals surface area contributed by atoms with Gasteiger partial charge in [0.25, 0.3) is 0 Å². The van der Waals surface area contributed by atoms with Crippen molar-refractivity contribution >= 4 is 17.3 Å². The molecule has 5 heteroatoms. The monoisotopic (exact) mass is 238 g/mol. The van der Waals surface area contributed by atoms with Crippen molar-refractivity contribution < 1.29 is 14.3 Å². The van der Waals surface area contributed by atoms with E-state index in [1.165, 1.54) is 6.07 Å².